The summed E-state index contributed by atoms with van der Waals surface area (Å²) < 4.78 is 13.3. The smallest absolute Gasteiger partial charge is 0.255 e. The highest BCUT2D eigenvalue weighted by Crippen LogP contribution is 2.05. The van der Waals surface area contributed by atoms with Gasteiger partial charge < -0.3 is 5.32 Å². The van der Waals surface area contributed by atoms with Crippen LogP contribution in [0.3, 0.4) is 0 Å². The van der Waals surface area contributed by atoms with Gasteiger partial charge in [-0.1, -0.05) is 0 Å². The van der Waals surface area contributed by atoms with E-state index in [4.69, 9.17) is 0 Å². The molecule has 0 radical (unpaired) electrons. The Morgan fingerprint density at radius 3 is 2.53 bits per heavy atom. The van der Waals surface area contributed by atoms with Crippen LogP contribution in [-0.4, -0.2) is 41.0 Å². The van der Waals surface area contributed by atoms with E-state index in [-0.39, 0.29) is 5.56 Å². The number of carbonyl (C=O) groups is 1. The maximum absolute atomic E-state index is 13.3. The highest BCUT2D eigenvalue weighted by Gasteiger charge is 2.15. The molecule has 0 aliphatic rings. The first-order chi connectivity index (χ1) is 8.93. The van der Waals surface area contributed by atoms with Gasteiger partial charge in [-0.25, -0.2) is 4.98 Å². The van der Waals surface area contributed by atoms with Crippen molar-refractivity contribution in [2.45, 2.75) is 39.8 Å². The summed E-state index contributed by atoms with van der Waals surface area (Å²) in [7, 11) is 0. The normalized spacial score (nSPS) is 11.4. The van der Waals surface area contributed by atoms with Crippen LogP contribution in [-0.2, 0) is 0 Å². The van der Waals surface area contributed by atoms with Crippen molar-refractivity contribution >= 4 is 5.91 Å². The van der Waals surface area contributed by atoms with E-state index in [2.05, 4.69) is 42.9 Å². The number of aromatic nitrogens is 1. The SMILES string of the molecule is CC(C)N(CCNC(=O)c1cccnc1F)C(C)C. The quantitative estimate of drug-likeness (QED) is 0.803. The number of nitrogens with one attached hydrogen (secondary N) is 1. The maximum atomic E-state index is 13.3. The zero-order valence-electron chi connectivity index (χ0n) is 12.0. The lowest BCUT2D eigenvalue weighted by molar-refractivity contribution is 0.0934. The van der Waals surface area contributed by atoms with E-state index in [1.807, 2.05) is 0 Å². The monoisotopic (exact) mass is 267 g/mol. The van der Waals surface area contributed by atoms with E-state index in [1.54, 1.807) is 6.07 Å². The van der Waals surface area contributed by atoms with Crippen LogP contribution in [0.15, 0.2) is 18.3 Å². The molecule has 1 heterocycles. The molecule has 0 aromatic carbocycles. The topological polar surface area (TPSA) is 45.2 Å². The first-order valence-corrected chi connectivity index (χ1v) is 6.58. The van der Waals surface area contributed by atoms with Crippen LogP contribution < -0.4 is 5.32 Å². The van der Waals surface area contributed by atoms with Gasteiger partial charge in [0.1, 0.15) is 0 Å². The molecule has 0 saturated heterocycles. The van der Waals surface area contributed by atoms with Crippen LogP contribution in [0, 0.1) is 5.95 Å². The number of amides is 1. The Bertz CT molecular complexity index is 413. The Balaban J connectivity index is 2.49. The largest absolute Gasteiger partial charge is 0.351 e. The highest BCUT2D eigenvalue weighted by atomic mass is 19.1. The number of carbonyl (C=O) groups excluding carboxylic acids is 1. The Labute approximate surface area is 114 Å². The third kappa shape index (κ3) is 4.59. The van der Waals surface area contributed by atoms with Gasteiger partial charge in [0.2, 0.25) is 5.95 Å². The van der Waals surface area contributed by atoms with Crippen molar-refractivity contribution in [1.82, 2.24) is 15.2 Å². The zero-order chi connectivity index (χ0) is 14.4. The fourth-order valence-corrected chi connectivity index (χ4v) is 2.06. The van der Waals surface area contributed by atoms with Gasteiger partial charge in [-0.05, 0) is 39.8 Å². The van der Waals surface area contributed by atoms with Gasteiger partial charge in [-0.15, -0.1) is 0 Å². The molecule has 19 heavy (non-hydrogen) atoms. The molecule has 5 heteroatoms. The molecule has 0 bridgehead atoms. The Kier molecular flexibility index (Phi) is 5.89. The van der Waals surface area contributed by atoms with Crippen LogP contribution in [0.1, 0.15) is 38.1 Å². The Hall–Kier alpha value is -1.49. The fraction of sp³-hybridized carbons (Fsp3) is 0.571. The van der Waals surface area contributed by atoms with E-state index in [1.165, 1.54) is 12.3 Å². The Morgan fingerprint density at radius 1 is 1.37 bits per heavy atom. The molecule has 1 aromatic rings. The summed E-state index contributed by atoms with van der Waals surface area (Å²) in [6, 6.07) is 3.80. The molecule has 1 aromatic heterocycles. The standard InChI is InChI=1S/C14H22FN3O/c1-10(2)18(11(3)4)9-8-17-14(19)12-6-5-7-16-13(12)15/h5-7,10-11H,8-9H2,1-4H3,(H,17,19). The van der Waals surface area contributed by atoms with Crippen LogP contribution in [0.2, 0.25) is 0 Å². The summed E-state index contributed by atoms with van der Waals surface area (Å²) in [5.74, 6) is -1.15. The molecular weight excluding hydrogens is 245 g/mol. The summed E-state index contributed by atoms with van der Waals surface area (Å²) >= 11 is 0. The molecular formula is C14H22FN3O. The molecule has 0 aliphatic carbocycles. The van der Waals surface area contributed by atoms with E-state index in [0.717, 1.165) is 6.54 Å². The van der Waals surface area contributed by atoms with Crippen LogP contribution in [0.25, 0.3) is 0 Å². The van der Waals surface area contributed by atoms with Crippen molar-refractivity contribution < 1.29 is 9.18 Å². The second kappa shape index (κ2) is 7.19. The molecule has 1 amide bonds. The molecule has 0 spiro atoms. The number of nitrogens with zero attached hydrogens (tertiary/aromatic N) is 2. The van der Waals surface area contributed by atoms with E-state index in [0.29, 0.717) is 18.6 Å². The number of pyridine rings is 1. The lowest BCUT2D eigenvalue weighted by Crippen LogP contribution is -2.42. The van der Waals surface area contributed by atoms with Crippen LogP contribution >= 0.6 is 0 Å². The second-order valence-corrected chi connectivity index (χ2v) is 5.02. The number of halogens is 1. The summed E-state index contributed by atoms with van der Waals surface area (Å²) in [5.41, 5.74) is -0.0110. The highest BCUT2D eigenvalue weighted by molar-refractivity contribution is 5.94. The van der Waals surface area contributed by atoms with Gasteiger partial charge in [0.15, 0.2) is 0 Å². The third-order valence-corrected chi connectivity index (χ3v) is 2.99. The van der Waals surface area contributed by atoms with Crippen molar-refractivity contribution in [2.75, 3.05) is 13.1 Å². The molecule has 4 nitrogen and oxygen atoms in total. The average molecular weight is 267 g/mol. The minimum Gasteiger partial charge on any atom is -0.351 e. The maximum Gasteiger partial charge on any atom is 0.255 e. The molecule has 1 N–H and O–H groups in total. The summed E-state index contributed by atoms with van der Waals surface area (Å²) in [4.78, 5) is 17.5. The lowest BCUT2D eigenvalue weighted by atomic mass is 10.2. The van der Waals surface area contributed by atoms with Gasteiger partial charge in [0.05, 0.1) is 5.56 Å². The predicted molar refractivity (Wildman–Crippen MR) is 73.5 cm³/mol. The van der Waals surface area contributed by atoms with Gasteiger partial charge in [-0.3, -0.25) is 9.69 Å². The molecule has 0 unspecified atom stereocenters. The van der Waals surface area contributed by atoms with Gasteiger partial charge >= 0.3 is 0 Å². The molecule has 106 valence electrons. The van der Waals surface area contributed by atoms with E-state index < -0.39 is 11.9 Å². The number of hydrogen-bond acceptors (Lipinski definition) is 3. The van der Waals surface area contributed by atoms with Gasteiger partial charge in [0, 0.05) is 31.4 Å². The summed E-state index contributed by atoms with van der Waals surface area (Å²) in [6.45, 7) is 9.68. The van der Waals surface area contributed by atoms with Crippen LogP contribution in [0.4, 0.5) is 4.39 Å². The Morgan fingerprint density at radius 2 is 2.00 bits per heavy atom. The minimum absolute atomic E-state index is 0.0110. The molecule has 0 atom stereocenters. The molecule has 0 aliphatic heterocycles. The van der Waals surface area contributed by atoms with Crippen molar-refractivity contribution in [3.8, 4) is 0 Å². The first-order valence-electron chi connectivity index (χ1n) is 6.58. The van der Waals surface area contributed by atoms with Gasteiger partial charge in [0.25, 0.3) is 5.91 Å². The summed E-state index contributed by atoms with van der Waals surface area (Å²) in [6.07, 6.45) is 1.32. The predicted octanol–water partition coefficient (Wildman–Crippen LogP) is 2.07. The third-order valence-electron chi connectivity index (χ3n) is 2.99. The van der Waals surface area contributed by atoms with Crippen molar-refractivity contribution in [2.24, 2.45) is 0 Å². The zero-order valence-corrected chi connectivity index (χ0v) is 12.0. The number of rotatable bonds is 6. The lowest BCUT2D eigenvalue weighted by Gasteiger charge is -2.30. The van der Waals surface area contributed by atoms with Crippen molar-refractivity contribution in [3.63, 3.8) is 0 Å². The van der Waals surface area contributed by atoms with Gasteiger partial charge in [-0.2, -0.15) is 4.39 Å². The molecule has 0 saturated carbocycles. The minimum atomic E-state index is -0.732. The van der Waals surface area contributed by atoms with E-state index >= 15 is 0 Å². The van der Waals surface area contributed by atoms with E-state index in [9.17, 15) is 9.18 Å². The van der Waals surface area contributed by atoms with Crippen molar-refractivity contribution in [3.05, 3.63) is 29.8 Å². The average Bonchev–Trinajstić information content (AvgIpc) is 2.33. The number of hydrogen-bond donors (Lipinski definition) is 1. The summed E-state index contributed by atoms with van der Waals surface area (Å²) in [5, 5.41) is 2.72. The van der Waals surface area contributed by atoms with Crippen LogP contribution in [0.5, 0.6) is 0 Å². The molecule has 1 rings (SSSR count). The fourth-order valence-electron chi connectivity index (χ4n) is 2.06. The second-order valence-electron chi connectivity index (χ2n) is 5.02. The van der Waals surface area contributed by atoms with Crippen molar-refractivity contribution in [1.29, 1.82) is 0 Å². The first kappa shape index (κ1) is 15.6. The molecule has 0 fully saturated rings.